The van der Waals surface area contributed by atoms with Crippen molar-refractivity contribution >= 4 is 11.8 Å². The highest BCUT2D eigenvalue weighted by atomic mass is 16.3. The summed E-state index contributed by atoms with van der Waals surface area (Å²) < 4.78 is 5.27. The summed E-state index contributed by atoms with van der Waals surface area (Å²) >= 11 is 0. The van der Waals surface area contributed by atoms with Gasteiger partial charge in [0.25, 0.3) is 5.91 Å². The Kier molecular flexibility index (Phi) is 7.09. The van der Waals surface area contributed by atoms with Gasteiger partial charge in [-0.2, -0.15) is 0 Å². The SMILES string of the molecule is Cc1ccoc1C(=O)NC1CCN(CC(=O)N(Cc2ccccc2)C(C)C)CC1. The van der Waals surface area contributed by atoms with Crippen LogP contribution in [0.4, 0.5) is 0 Å². The zero-order valence-corrected chi connectivity index (χ0v) is 17.6. The topological polar surface area (TPSA) is 65.8 Å². The molecular formula is C23H31N3O3. The van der Waals surface area contributed by atoms with Crippen molar-refractivity contribution in [2.24, 2.45) is 0 Å². The van der Waals surface area contributed by atoms with Crippen molar-refractivity contribution in [2.45, 2.75) is 52.2 Å². The van der Waals surface area contributed by atoms with Crippen LogP contribution < -0.4 is 5.32 Å². The molecule has 3 rings (SSSR count). The second-order valence-electron chi connectivity index (χ2n) is 8.06. The predicted molar refractivity (Wildman–Crippen MR) is 113 cm³/mol. The normalized spacial score (nSPS) is 15.4. The van der Waals surface area contributed by atoms with Crippen LogP contribution in [0.3, 0.4) is 0 Å². The van der Waals surface area contributed by atoms with E-state index in [4.69, 9.17) is 4.42 Å². The highest BCUT2D eigenvalue weighted by Gasteiger charge is 2.26. The van der Waals surface area contributed by atoms with Gasteiger partial charge in [-0.3, -0.25) is 14.5 Å². The molecule has 1 aliphatic heterocycles. The van der Waals surface area contributed by atoms with Crippen molar-refractivity contribution in [2.75, 3.05) is 19.6 Å². The van der Waals surface area contributed by atoms with Crippen LogP contribution in [0.2, 0.25) is 0 Å². The summed E-state index contributed by atoms with van der Waals surface area (Å²) in [6, 6.07) is 12.2. The number of benzene rings is 1. The Morgan fingerprint density at radius 1 is 1.17 bits per heavy atom. The van der Waals surface area contributed by atoms with Crippen LogP contribution in [0.15, 0.2) is 47.1 Å². The van der Waals surface area contributed by atoms with E-state index >= 15 is 0 Å². The van der Waals surface area contributed by atoms with E-state index in [1.165, 1.54) is 6.26 Å². The molecule has 0 atom stereocenters. The van der Waals surface area contributed by atoms with Crippen molar-refractivity contribution in [3.63, 3.8) is 0 Å². The first-order valence-electron chi connectivity index (χ1n) is 10.3. The van der Waals surface area contributed by atoms with E-state index in [0.717, 1.165) is 37.1 Å². The minimum absolute atomic E-state index is 0.115. The average molecular weight is 398 g/mol. The zero-order valence-electron chi connectivity index (χ0n) is 17.6. The van der Waals surface area contributed by atoms with Crippen LogP contribution in [-0.2, 0) is 11.3 Å². The van der Waals surface area contributed by atoms with Crippen LogP contribution in [0.5, 0.6) is 0 Å². The summed E-state index contributed by atoms with van der Waals surface area (Å²) in [5.41, 5.74) is 1.99. The number of piperidine rings is 1. The van der Waals surface area contributed by atoms with Gasteiger partial charge in [0, 0.05) is 37.3 Å². The number of carbonyl (C=O) groups is 2. The molecule has 0 radical (unpaired) electrons. The monoisotopic (exact) mass is 397 g/mol. The molecule has 2 heterocycles. The molecule has 0 bridgehead atoms. The third-order valence-electron chi connectivity index (χ3n) is 5.49. The van der Waals surface area contributed by atoms with Crippen LogP contribution in [-0.4, -0.2) is 53.3 Å². The first kappa shape index (κ1) is 21.1. The molecule has 0 saturated carbocycles. The maximum Gasteiger partial charge on any atom is 0.287 e. The summed E-state index contributed by atoms with van der Waals surface area (Å²) in [7, 11) is 0. The van der Waals surface area contributed by atoms with Gasteiger partial charge in [-0.25, -0.2) is 0 Å². The lowest BCUT2D eigenvalue weighted by atomic mass is 10.0. The molecule has 0 unspecified atom stereocenters. The van der Waals surface area contributed by atoms with Crippen molar-refractivity contribution in [1.29, 1.82) is 0 Å². The molecule has 0 spiro atoms. The van der Waals surface area contributed by atoms with Crippen molar-refractivity contribution < 1.29 is 14.0 Å². The van der Waals surface area contributed by atoms with Gasteiger partial charge in [0.2, 0.25) is 5.91 Å². The average Bonchev–Trinajstić information content (AvgIpc) is 3.14. The molecule has 1 aromatic heterocycles. The standard InChI is InChI=1S/C23H31N3O3/c1-17(2)26(15-19-7-5-4-6-8-19)21(27)16-25-12-9-20(10-13-25)24-23(28)22-18(3)11-14-29-22/h4-8,11,14,17,20H,9-10,12-13,15-16H2,1-3H3,(H,24,28). The molecule has 2 aromatic rings. The molecule has 6 nitrogen and oxygen atoms in total. The minimum atomic E-state index is -0.157. The van der Waals surface area contributed by atoms with E-state index < -0.39 is 0 Å². The molecule has 2 amide bonds. The fourth-order valence-corrected chi connectivity index (χ4v) is 3.71. The fourth-order valence-electron chi connectivity index (χ4n) is 3.71. The lowest BCUT2D eigenvalue weighted by Crippen LogP contribution is -2.49. The molecule has 1 fully saturated rings. The van der Waals surface area contributed by atoms with Crippen LogP contribution in [0.1, 0.15) is 48.4 Å². The zero-order chi connectivity index (χ0) is 20.8. The van der Waals surface area contributed by atoms with E-state index in [-0.39, 0.29) is 23.9 Å². The molecule has 1 N–H and O–H groups in total. The van der Waals surface area contributed by atoms with Gasteiger partial charge in [-0.1, -0.05) is 30.3 Å². The molecule has 1 aliphatic rings. The number of furan rings is 1. The molecule has 6 heteroatoms. The molecule has 29 heavy (non-hydrogen) atoms. The summed E-state index contributed by atoms with van der Waals surface area (Å²) in [5.74, 6) is 0.379. The van der Waals surface area contributed by atoms with E-state index in [1.807, 2.05) is 30.0 Å². The van der Waals surface area contributed by atoms with Crippen molar-refractivity contribution in [3.05, 3.63) is 59.5 Å². The third kappa shape index (κ3) is 5.70. The quantitative estimate of drug-likeness (QED) is 0.779. The molecular weight excluding hydrogens is 366 g/mol. The Morgan fingerprint density at radius 3 is 2.45 bits per heavy atom. The molecule has 0 aliphatic carbocycles. The molecule has 156 valence electrons. The number of aryl methyl sites for hydroxylation is 1. The number of carbonyl (C=O) groups excluding carboxylic acids is 2. The Hall–Kier alpha value is -2.60. The summed E-state index contributed by atoms with van der Waals surface area (Å²) in [5, 5.41) is 3.05. The van der Waals surface area contributed by atoms with Gasteiger partial charge in [-0.05, 0) is 45.2 Å². The number of hydrogen-bond acceptors (Lipinski definition) is 4. The second-order valence-corrected chi connectivity index (χ2v) is 8.06. The van der Waals surface area contributed by atoms with Crippen molar-refractivity contribution in [1.82, 2.24) is 15.1 Å². The predicted octanol–water partition coefficient (Wildman–Crippen LogP) is 3.22. The lowest BCUT2D eigenvalue weighted by Gasteiger charge is -2.34. The lowest BCUT2D eigenvalue weighted by molar-refractivity contribution is -0.135. The maximum absolute atomic E-state index is 12.9. The Balaban J connectivity index is 1.48. The van der Waals surface area contributed by atoms with E-state index in [0.29, 0.717) is 18.8 Å². The highest BCUT2D eigenvalue weighted by Crippen LogP contribution is 2.15. The van der Waals surface area contributed by atoms with Gasteiger partial charge in [0.05, 0.1) is 12.8 Å². The fraction of sp³-hybridized carbons (Fsp3) is 0.478. The summed E-state index contributed by atoms with van der Waals surface area (Å²) in [6.45, 7) is 8.62. The van der Waals surface area contributed by atoms with Gasteiger partial charge in [-0.15, -0.1) is 0 Å². The smallest absolute Gasteiger partial charge is 0.287 e. The number of amides is 2. The largest absolute Gasteiger partial charge is 0.459 e. The first-order chi connectivity index (χ1) is 13.9. The number of hydrogen-bond donors (Lipinski definition) is 1. The van der Waals surface area contributed by atoms with Gasteiger partial charge < -0.3 is 14.6 Å². The molecule has 1 saturated heterocycles. The maximum atomic E-state index is 12.9. The van der Waals surface area contributed by atoms with Gasteiger partial charge in [0.15, 0.2) is 5.76 Å². The van der Waals surface area contributed by atoms with Crippen LogP contribution >= 0.6 is 0 Å². The summed E-state index contributed by atoms with van der Waals surface area (Å²) in [6.07, 6.45) is 3.20. The van der Waals surface area contributed by atoms with Crippen LogP contribution in [0.25, 0.3) is 0 Å². The molecule has 1 aromatic carbocycles. The highest BCUT2D eigenvalue weighted by molar-refractivity contribution is 5.93. The summed E-state index contributed by atoms with van der Waals surface area (Å²) in [4.78, 5) is 29.3. The Labute approximate surface area is 172 Å². The van der Waals surface area contributed by atoms with Gasteiger partial charge in [0.1, 0.15) is 0 Å². The number of likely N-dealkylation sites (tertiary alicyclic amines) is 1. The number of nitrogens with zero attached hydrogens (tertiary/aromatic N) is 2. The van der Waals surface area contributed by atoms with Gasteiger partial charge >= 0.3 is 0 Å². The van der Waals surface area contributed by atoms with Crippen molar-refractivity contribution in [3.8, 4) is 0 Å². The minimum Gasteiger partial charge on any atom is -0.459 e. The third-order valence-corrected chi connectivity index (χ3v) is 5.49. The van der Waals surface area contributed by atoms with Crippen LogP contribution in [0, 0.1) is 6.92 Å². The van der Waals surface area contributed by atoms with E-state index in [1.54, 1.807) is 6.07 Å². The first-order valence-corrected chi connectivity index (χ1v) is 10.3. The van der Waals surface area contributed by atoms with E-state index in [2.05, 4.69) is 36.2 Å². The number of rotatable bonds is 7. The van der Waals surface area contributed by atoms with E-state index in [9.17, 15) is 9.59 Å². The Bertz CT molecular complexity index is 808. The Morgan fingerprint density at radius 2 is 1.86 bits per heavy atom. The second kappa shape index (κ2) is 9.74. The number of nitrogens with one attached hydrogen (secondary N) is 1.